The molecule has 0 saturated heterocycles. The Balaban J connectivity index is 1.39. The summed E-state index contributed by atoms with van der Waals surface area (Å²) in [5, 5.41) is 11.9. The van der Waals surface area contributed by atoms with Crippen LogP contribution in [0.5, 0.6) is 5.75 Å². The third-order valence-corrected chi connectivity index (χ3v) is 6.49. The summed E-state index contributed by atoms with van der Waals surface area (Å²) in [6.45, 7) is 2.58. The van der Waals surface area contributed by atoms with Gasteiger partial charge in [0.15, 0.2) is 5.11 Å². The summed E-state index contributed by atoms with van der Waals surface area (Å²) in [6.07, 6.45) is 1.86. The lowest BCUT2D eigenvalue weighted by Crippen LogP contribution is -2.35. The Morgan fingerprint density at radius 3 is 2.20 bits per heavy atom. The minimum Gasteiger partial charge on any atom is -0.493 e. The maximum atomic E-state index is 13.1. The second-order valence-corrected chi connectivity index (χ2v) is 10.1. The number of ether oxygens (including phenoxy) is 1. The number of amides is 2. The normalized spacial score (nSPS) is 10.3. The van der Waals surface area contributed by atoms with Crippen LogP contribution in [0, 0.1) is 0 Å². The highest BCUT2D eigenvalue weighted by Gasteiger charge is 2.17. The SMILES string of the molecule is CCCCOc1ccc(Br)cc1C(=O)NC(=S)Nc1ccccc1C(=O)Nc1ccc(Nc2ccccc2)cc1. The topological polar surface area (TPSA) is 91.5 Å². The number of rotatable bonds is 10. The number of benzene rings is 4. The predicted octanol–water partition coefficient (Wildman–Crippen LogP) is 7.75. The Hall–Kier alpha value is -4.21. The van der Waals surface area contributed by atoms with Crippen molar-refractivity contribution in [3.05, 3.63) is 113 Å². The summed E-state index contributed by atoms with van der Waals surface area (Å²) in [4.78, 5) is 26.2. The zero-order valence-corrected chi connectivity index (χ0v) is 24.3. The van der Waals surface area contributed by atoms with E-state index < -0.39 is 5.91 Å². The summed E-state index contributed by atoms with van der Waals surface area (Å²) in [5.41, 5.74) is 3.70. The van der Waals surface area contributed by atoms with Crippen LogP contribution in [0.2, 0.25) is 0 Å². The van der Waals surface area contributed by atoms with Gasteiger partial charge in [-0.1, -0.05) is 59.6 Å². The van der Waals surface area contributed by atoms with E-state index in [2.05, 4.69) is 44.1 Å². The van der Waals surface area contributed by atoms with Crippen LogP contribution in [-0.2, 0) is 0 Å². The van der Waals surface area contributed by atoms with Gasteiger partial charge >= 0.3 is 0 Å². The Labute approximate surface area is 247 Å². The van der Waals surface area contributed by atoms with Crippen molar-refractivity contribution in [2.45, 2.75) is 19.8 Å². The van der Waals surface area contributed by atoms with Crippen molar-refractivity contribution < 1.29 is 14.3 Å². The standard InChI is InChI=1S/C31H29BrN4O3S/c1-2-3-19-39-28-18-13-21(32)20-26(28)30(38)36-31(40)35-27-12-8-7-11-25(27)29(37)34-24-16-14-23(15-17-24)33-22-9-5-4-6-10-22/h4-18,20,33H,2-3,19H2,1H3,(H,34,37)(H2,35,36,38,40). The average Bonchev–Trinajstić information content (AvgIpc) is 2.95. The van der Waals surface area contributed by atoms with Crippen LogP contribution in [0.4, 0.5) is 22.7 Å². The van der Waals surface area contributed by atoms with E-state index >= 15 is 0 Å². The first-order valence-corrected chi connectivity index (χ1v) is 14.0. The van der Waals surface area contributed by atoms with Crippen LogP contribution in [0.1, 0.15) is 40.5 Å². The van der Waals surface area contributed by atoms with Gasteiger partial charge in [0.2, 0.25) is 0 Å². The molecule has 4 N–H and O–H groups in total. The summed E-state index contributed by atoms with van der Waals surface area (Å²) >= 11 is 8.81. The van der Waals surface area contributed by atoms with Crippen molar-refractivity contribution in [3.63, 3.8) is 0 Å². The van der Waals surface area contributed by atoms with E-state index in [0.29, 0.717) is 34.9 Å². The maximum absolute atomic E-state index is 13.1. The van der Waals surface area contributed by atoms with Crippen LogP contribution in [0.25, 0.3) is 0 Å². The van der Waals surface area contributed by atoms with Crippen molar-refractivity contribution in [1.82, 2.24) is 5.32 Å². The van der Waals surface area contributed by atoms with Gasteiger partial charge in [0, 0.05) is 21.5 Å². The van der Waals surface area contributed by atoms with Crippen LogP contribution < -0.4 is 26.0 Å². The van der Waals surface area contributed by atoms with E-state index in [1.807, 2.05) is 60.7 Å². The average molecular weight is 618 g/mol. The number of nitrogens with one attached hydrogen (secondary N) is 4. The molecule has 0 aromatic heterocycles. The summed E-state index contributed by atoms with van der Waals surface area (Å²) in [7, 11) is 0. The van der Waals surface area contributed by atoms with Gasteiger partial charge < -0.3 is 20.7 Å². The van der Waals surface area contributed by atoms with Crippen LogP contribution in [0.3, 0.4) is 0 Å². The molecule has 0 unspecified atom stereocenters. The molecule has 0 radical (unpaired) electrons. The minimum atomic E-state index is -0.420. The van der Waals surface area contributed by atoms with Crippen LogP contribution in [0.15, 0.2) is 102 Å². The molecule has 4 aromatic carbocycles. The highest BCUT2D eigenvalue weighted by molar-refractivity contribution is 9.10. The monoisotopic (exact) mass is 616 g/mol. The van der Waals surface area contributed by atoms with Crippen molar-refractivity contribution in [2.75, 3.05) is 22.6 Å². The first-order valence-electron chi connectivity index (χ1n) is 12.8. The van der Waals surface area contributed by atoms with Gasteiger partial charge in [-0.3, -0.25) is 14.9 Å². The van der Waals surface area contributed by atoms with Gasteiger partial charge in [-0.05, 0) is 85.4 Å². The molecule has 0 spiro atoms. The zero-order valence-electron chi connectivity index (χ0n) is 21.9. The third-order valence-electron chi connectivity index (χ3n) is 5.79. The second-order valence-electron chi connectivity index (χ2n) is 8.82. The fourth-order valence-electron chi connectivity index (χ4n) is 3.77. The molecule has 4 aromatic rings. The van der Waals surface area contributed by atoms with Crippen LogP contribution in [-0.4, -0.2) is 23.5 Å². The lowest BCUT2D eigenvalue weighted by molar-refractivity contribution is 0.0972. The molecule has 0 aliphatic heterocycles. The number of thiocarbonyl (C=S) groups is 1. The molecule has 0 saturated carbocycles. The van der Waals surface area contributed by atoms with E-state index in [1.165, 1.54) is 0 Å². The highest BCUT2D eigenvalue weighted by atomic mass is 79.9. The van der Waals surface area contributed by atoms with Gasteiger partial charge in [0.25, 0.3) is 11.8 Å². The number of anilines is 4. The quantitative estimate of drug-likeness (QED) is 0.108. The van der Waals surface area contributed by atoms with Crippen molar-refractivity contribution in [3.8, 4) is 5.75 Å². The molecule has 0 heterocycles. The van der Waals surface area contributed by atoms with Crippen molar-refractivity contribution >= 4 is 67.8 Å². The number of hydrogen-bond donors (Lipinski definition) is 4. The fourth-order valence-corrected chi connectivity index (χ4v) is 4.33. The molecule has 0 aliphatic rings. The molecule has 204 valence electrons. The number of para-hydroxylation sites is 2. The van der Waals surface area contributed by atoms with E-state index in [1.54, 1.807) is 36.4 Å². The molecule has 0 bridgehead atoms. The molecule has 4 rings (SSSR count). The predicted molar refractivity (Wildman–Crippen MR) is 169 cm³/mol. The third kappa shape index (κ3) is 8.14. The van der Waals surface area contributed by atoms with E-state index in [0.717, 1.165) is 28.7 Å². The number of carbonyl (C=O) groups is 2. The summed E-state index contributed by atoms with van der Waals surface area (Å²) in [5.74, 6) is -0.266. The molecule has 0 aliphatic carbocycles. The Morgan fingerprint density at radius 1 is 0.775 bits per heavy atom. The zero-order chi connectivity index (χ0) is 28.3. The molecule has 40 heavy (non-hydrogen) atoms. The second kappa shape index (κ2) is 14.3. The van der Waals surface area contributed by atoms with E-state index in [-0.39, 0.29) is 11.0 Å². The van der Waals surface area contributed by atoms with Gasteiger partial charge in [-0.15, -0.1) is 0 Å². The Morgan fingerprint density at radius 2 is 1.45 bits per heavy atom. The van der Waals surface area contributed by atoms with Crippen molar-refractivity contribution in [2.24, 2.45) is 0 Å². The van der Waals surface area contributed by atoms with Gasteiger partial charge in [-0.25, -0.2) is 0 Å². The molecule has 7 nitrogen and oxygen atoms in total. The van der Waals surface area contributed by atoms with Crippen LogP contribution >= 0.6 is 28.1 Å². The van der Waals surface area contributed by atoms with Crippen molar-refractivity contribution in [1.29, 1.82) is 0 Å². The Bertz CT molecular complexity index is 1480. The number of halogens is 1. The van der Waals surface area contributed by atoms with Gasteiger partial charge in [-0.2, -0.15) is 0 Å². The summed E-state index contributed by atoms with van der Waals surface area (Å²) in [6, 6.07) is 29.4. The molecular formula is C31H29BrN4O3S. The van der Waals surface area contributed by atoms with Gasteiger partial charge in [0.1, 0.15) is 5.75 Å². The largest absolute Gasteiger partial charge is 0.493 e. The Kier molecular flexibility index (Phi) is 10.3. The minimum absolute atomic E-state index is 0.0565. The molecular weight excluding hydrogens is 588 g/mol. The first kappa shape index (κ1) is 28.8. The maximum Gasteiger partial charge on any atom is 0.261 e. The number of unbranched alkanes of at least 4 members (excludes halogenated alkanes) is 1. The lowest BCUT2D eigenvalue weighted by atomic mass is 10.1. The first-order chi connectivity index (χ1) is 19.4. The highest BCUT2D eigenvalue weighted by Crippen LogP contribution is 2.24. The lowest BCUT2D eigenvalue weighted by Gasteiger charge is -2.15. The number of hydrogen-bond acceptors (Lipinski definition) is 5. The van der Waals surface area contributed by atoms with E-state index in [4.69, 9.17) is 17.0 Å². The summed E-state index contributed by atoms with van der Waals surface area (Å²) < 4.78 is 6.54. The fraction of sp³-hybridized carbons (Fsp3) is 0.129. The van der Waals surface area contributed by atoms with Gasteiger partial charge in [0.05, 0.1) is 23.4 Å². The molecule has 9 heteroatoms. The smallest absolute Gasteiger partial charge is 0.261 e. The molecule has 0 fully saturated rings. The molecule has 2 amide bonds. The molecule has 0 atom stereocenters. The number of carbonyl (C=O) groups excluding carboxylic acids is 2. The van der Waals surface area contributed by atoms with E-state index in [9.17, 15) is 9.59 Å².